The van der Waals surface area contributed by atoms with Gasteiger partial charge in [-0.15, -0.1) is 0 Å². The Kier molecular flexibility index (Phi) is 4.80. The molecule has 0 atom stereocenters. The van der Waals surface area contributed by atoms with Gasteiger partial charge >= 0.3 is 0 Å². The fraction of sp³-hybridized carbons (Fsp3) is 0.533. The van der Waals surface area contributed by atoms with Crippen molar-refractivity contribution < 1.29 is 9.53 Å². The first-order chi connectivity index (χ1) is 12.7. The lowest BCUT2D eigenvalue weighted by molar-refractivity contribution is -0.120. The molecule has 4 rings (SSSR count). The van der Waals surface area contributed by atoms with E-state index in [4.69, 9.17) is 10.5 Å². The van der Waals surface area contributed by atoms with Crippen LogP contribution in [0.4, 0.5) is 17.0 Å². The second-order valence-electron chi connectivity index (χ2n) is 6.01. The SMILES string of the molecule is Nc1ncc(-c2nc(N3CCOCC3)nc(N3CCNC(=O)CC3)n2)s1. The molecule has 2 aromatic rings. The van der Waals surface area contributed by atoms with Crippen LogP contribution in [0.3, 0.4) is 0 Å². The Labute approximate surface area is 154 Å². The van der Waals surface area contributed by atoms with Crippen molar-refractivity contribution in [2.24, 2.45) is 0 Å². The van der Waals surface area contributed by atoms with Gasteiger partial charge in [0.15, 0.2) is 11.0 Å². The minimum Gasteiger partial charge on any atom is -0.378 e. The number of amides is 1. The van der Waals surface area contributed by atoms with Crippen LogP contribution >= 0.6 is 11.3 Å². The van der Waals surface area contributed by atoms with Crippen molar-refractivity contribution in [1.82, 2.24) is 25.3 Å². The number of hydrogen-bond acceptors (Lipinski definition) is 10. The zero-order valence-electron chi connectivity index (χ0n) is 14.2. The third kappa shape index (κ3) is 3.68. The average Bonchev–Trinajstić information content (AvgIpc) is 2.99. The quantitative estimate of drug-likeness (QED) is 0.746. The molecule has 2 aliphatic heterocycles. The van der Waals surface area contributed by atoms with Gasteiger partial charge in [0.1, 0.15) is 0 Å². The molecule has 2 aliphatic rings. The molecule has 4 heterocycles. The Balaban J connectivity index is 1.70. The van der Waals surface area contributed by atoms with Gasteiger partial charge in [-0.05, 0) is 0 Å². The van der Waals surface area contributed by atoms with Crippen LogP contribution in [0.15, 0.2) is 6.20 Å². The molecule has 0 spiro atoms. The lowest BCUT2D eigenvalue weighted by atomic mass is 10.4. The van der Waals surface area contributed by atoms with E-state index in [9.17, 15) is 4.79 Å². The largest absolute Gasteiger partial charge is 0.378 e. The van der Waals surface area contributed by atoms with Gasteiger partial charge in [-0.1, -0.05) is 11.3 Å². The minimum absolute atomic E-state index is 0.0467. The van der Waals surface area contributed by atoms with Crippen LogP contribution in [-0.2, 0) is 9.53 Å². The molecule has 0 bridgehead atoms. The lowest BCUT2D eigenvalue weighted by Gasteiger charge is -2.28. The number of nitrogens with one attached hydrogen (secondary N) is 1. The maximum Gasteiger partial charge on any atom is 0.230 e. The van der Waals surface area contributed by atoms with E-state index >= 15 is 0 Å². The molecule has 0 radical (unpaired) electrons. The third-order valence-electron chi connectivity index (χ3n) is 4.25. The van der Waals surface area contributed by atoms with Gasteiger partial charge in [0.2, 0.25) is 17.8 Å². The summed E-state index contributed by atoms with van der Waals surface area (Å²) in [6.45, 7) is 4.55. The summed E-state index contributed by atoms with van der Waals surface area (Å²) in [7, 11) is 0. The van der Waals surface area contributed by atoms with Crippen molar-refractivity contribution in [3.05, 3.63) is 6.20 Å². The summed E-state index contributed by atoms with van der Waals surface area (Å²) in [4.78, 5) is 34.5. The molecular weight excluding hydrogens is 356 g/mol. The van der Waals surface area contributed by atoms with Crippen LogP contribution in [0, 0.1) is 0 Å². The van der Waals surface area contributed by atoms with Crippen molar-refractivity contribution in [2.75, 3.05) is 61.5 Å². The van der Waals surface area contributed by atoms with Crippen LogP contribution < -0.4 is 20.9 Å². The van der Waals surface area contributed by atoms with E-state index < -0.39 is 0 Å². The van der Waals surface area contributed by atoms with E-state index in [0.29, 0.717) is 62.1 Å². The highest BCUT2D eigenvalue weighted by atomic mass is 32.1. The molecule has 0 aliphatic carbocycles. The summed E-state index contributed by atoms with van der Waals surface area (Å²) in [6, 6.07) is 0. The normalized spacial score (nSPS) is 18.5. The second kappa shape index (κ2) is 7.38. The fourth-order valence-electron chi connectivity index (χ4n) is 2.87. The Morgan fingerprint density at radius 2 is 1.81 bits per heavy atom. The van der Waals surface area contributed by atoms with Gasteiger partial charge in [-0.3, -0.25) is 4.79 Å². The van der Waals surface area contributed by atoms with Crippen LogP contribution in [0.2, 0.25) is 0 Å². The van der Waals surface area contributed by atoms with Gasteiger partial charge in [0.05, 0.1) is 24.3 Å². The zero-order valence-corrected chi connectivity index (χ0v) is 15.0. The molecular formula is C15H20N8O2S. The molecule has 0 aromatic carbocycles. The highest BCUT2D eigenvalue weighted by molar-refractivity contribution is 7.18. The number of carbonyl (C=O) groups excluding carboxylic acids is 1. The third-order valence-corrected chi connectivity index (χ3v) is 5.07. The van der Waals surface area contributed by atoms with Crippen molar-refractivity contribution in [3.8, 4) is 10.7 Å². The Bertz CT molecular complexity index is 792. The summed E-state index contributed by atoms with van der Waals surface area (Å²) in [5, 5.41) is 3.34. The van der Waals surface area contributed by atoms with Gasteiger partial charge in [-0.2, -0.15) is 15.0 Å². The van der Waals surface area contributed by atoms with E-state index in [0.717, 1.165) is 18.0 Å². The minimum atomic E-state index is 0.0467. The van der Waals surface area contributed by atoms with Crippen LogP contribution in [0.5, 0.6) is 0 Å². The molecule has 11 heteroatoms. The highest BCUT2D eigenvalue weighted by Gasteiger charge is 2.22. The predicted octanol–water partition coefficient (Wildman–Crippen LogP) is -0.260. The molecule has 2 saturated heterocycles. The van der Waals surface area contributed by atoms with Crippen molar-refractivity contribution in [3.63, 3.8) is 0 Å². The smallest absolute Gasteiger partial charge is 0.230 e. The molecule has 138 valence electrons. The molecule has 0 saturated carbocycles. The number of nitrogens with two attached hydrogens (primary N) is 1. The summed E-state index contributed by atoms with van der Waals surface area (Å²) in [5.74, 6) is 1.78. The molecule has 0 unspecified atom stereocenters. The number of anilines is 3. The summed E-state index contributed by atoms with van der Waals surface area (Å²) in [5.41, 5.74) is 5.77. The topological polar surface area (TPSA) is 122 Å². The number of ether oxygens (including phenoxy) is 1. The predicted molar refractivity (Wildman–Crippen MR) is 98.2 cm³/mol. The maximum atomic E-state index is 11.6. The van der Waals surface area contributed by atoms with Gasteiger partial charge < -0.3 is 25.6 Å². The Hall–Kier alpha value is -2.53. The maximum absolute atomic E-state index is 11.6. The number of morpholine rings is 1. The van der Waals surface area contributed by atoms with Crippen molar-refractivity contribution in [1.29, 1.82) is 0 Å². The first-order valence-corrected chi connectivity index (χ1v) is 9.33. The fourth-order valence-corrected chi connectivity index (χ4v) is 3.49. The van der Waals surface area contributed by atoms with E-state index in [1.54, 1.807) is 6.20 Å². The van der Waals surface area contributed by atoms with E-state index in [2.05, 4.69) is 30.2 Å². The summed E-state index contributed by atoms with van der Waals surface area (Å²) < 4.78 is 5.42. The Morgan fingerprint density at radius 1 is 1.08 bits per heavy atom. The van der Waals surface area contributed by atoms with E-state index in [1.807, 2.05) is 4.90 Å². The lowest BCUT2D eigenvalue weighted by Crippen LogP contribution is -2.38. The zero-order chi connectivity index (χ0) is 17.9. The summed E-state index contributed by atoms with van der Waals surface area (Å²) in [6.07, 6.45) is 2.09. The van der Waals surface area contributed by atoms with Gasteiger partial charge in [0.25, 0.3) is 0 Å². The average molecular weight is 376 g/mol. The van der Waals surface area contributed by atoms with Crippen molar-refractivity contribution in [2.45, 2.75) is 6.42 Å². The molecule has 2 fully saturated rings. The number of rotatable bonds is 3. The summed E-state index contributed by atoms with van der Waals surface area (Å²) >= 11 is 1.34. The van der Waals surface area contributed by atoms with Gasteiger partial charge in [-0.25, -0.2) is 4.98 Å². The van der Waals surface area contributed by atoms with E-state index in [-0.39, 0.29) is 5.91 Å². The second-order valence-corrected chi connectivity index (χ2v) is 7.07. The Morgan fingerprint density at radius 3 is 2.50 bits per heavy atom. The standard InChI is InChI=1S/C15H20N8O2S/c16-13-18-9-10(26-13)12-19-14(22-3-1-11(24)17-2-4-22)21-15(20-12)23-5-7-25-8-6-23/h9H,1-8H2,(H2,16,18)(H,17,24). The first kappa shape index (κ1) is 16.9. The number of nitrogens with zero attached hydrogens (tertiary/aromatic N) is 6. The van der Waals surface area contributed by atoms with Gasteiger partial charge in [0, 0.05) is 39.1 Å². The monoisotopic (exact) mass is 376 g/mol. The van der Waals surface area contributed by atoms with Crippen LogP contribution in [-0.4, -0.2) is 71.8 Å². The first-order valence-electron chi connectivity index (χ1n) is 8.51. The number of carbonyl (C=O) groups is 1. The van der Waals surface area contributed by atoms with E-state index in [1.165, 1.54) is 11.3 Å². The molecule has 26 heavy (non-hydrogen) atoms. The van der Waals surface area contributed by atoms with Crippen LogP contribution in [0.25, 0.3) is 10.7 Å². The molecule has 10 nitrogen and oxygen atoms in total. The number of nitrogen functional groups attached to an aromatic ring is 1. The molecule has 2 aromatic heterocycles. The molecule has 1 amide bonds. The van der Waals surface area contributed by atoms with Crippen molar-refractivity contribution >= 4 is 34.3 Å². The number of hydrogen-bond donors (Lipinski definition) is 2. The molecule has 3 N–H and O–H groups in total. The highest BCUT2D eigenvalue weighted by Crippen LogP contribution is 2.27. The number of aromatic nitrogens is 4. The van der Waals surface area contributed by atoms with Crippen LogP contribution in [0.1, 0.15) is 6.42 Å². The number of thiazole rings is 1.